The average molecular weight is 621 g/mol. The number of likely N-dealkylation sites (N-methyl/N-ethyl adjacent to an activating group) is 1. The maximum Gasteiger partial charge on any atom is 0.534 e. The van der Waals surface area contributed by atoms with Crippen LogP contribution in [0.3, 0.4) is 0 Å². The third-order valence-electron chi connectivity index (χ3n) is 5.99. The molecule has 1 aromatic rings. The number of aromatic nitrogens is 2. The van der Waals surface area contributed by atoms with Gasteiger partial charge in [-0.15, -0.1) is 0 Å². The number of carbonyl (C=O) groups excluding carboxylic acids is 4. The molecule has 2 saturated heterocycles. The molecule has 0 bridgehead atoms. The lowest BCUT2D eigenvalue weighted by Crippen LogP contribution is -2.46. The van der Waals surface area contributed by atoms with E-state index in [9.17, 15) is 33.3 Å². The Balaban J connectivity index is 1.71. The van der Waals surface area contributed by atoms with Crippen LogP contribution >= 0.6 is 7.82 Å². The van der Waals surface area contributed by atoms with Crippen LogP contribution in [0.2, 0.25) is 0 Å². The quantitative estimate of drug-likeness (QED) is 0.136. The van der Waals surface area contributed by atoms with Crippen LogP contribution in [0, 0.1) is 5.41 Å². The van der Waals surface area contributed by atoms with E-state index in [2.05, 4.69) is 15.1 Å². The van der Waals surface area contributed by atoms with E-state index in [4.69, 9.17) is 27.8 Å². The molecule has 0 aromatic carbocycles. The number of amides is 2. The first-order valence-corrected chi connectivity index (χ1v) is 14.2. The molecule has 2 fully saturated rings. The summed E-state index contributed by atoms with van der Waals surface area (Å²) in [6.07, 6.45) is -3.82. The molecule has 0 radical (unpaired) electrons. The first-order valence-electron chi connectivity index (χ1n) is 12.7. The van der Waals surface area contributed by atoms with Crippen LogP contribution in [0.25, 0.3) is 0 Å². The van der Waals surface area contributed by atoms with E-state index in [1.54, 1.807) is 20.8 Å². The molecule has 42 heavy (non-hydrogen) atoms. The number of hydrogen-bond acceptors (Lipinski definition) is 15. The third-order valence-corrected chi connectivity index (χ3v) is 7.44. The first-order chi connectivity index (χ1) is 19.7. The third kappa shape index (κ3) is 8.11. The van der Waals surface area contributed by atoms with E-state index in [1.807, 2.05) is 0 Å². The highest BCUT2D eigenvalue weighted by Gasteiger charge is 2.50. The zero-order chi connectivity index (χ0) is 31.2. The van der Waals surface area contributed by atoms with Gasteiger partial charge in [-0.3, -0.25) is 47.1 Å². The summed E-state index contributed by atoms with van der Waals surface area (Å²) in [6, 6.07) is 0.185. The summed E-state index contributed by atoms with van der Waals surface area (Å²) in [5.41, 5.74) is -2.29. The number of phosphoric acid groups is 1. The smallest absolute Gasteiger partial charge is 0.462 e. The molecular weight excluding hydrogens is 587 g/mol. The number of nitrogens with zero attached hydrogens (tertiary/aromatic N) is 2. The first kappa shape index (κ1) is 33.1. The number of carbonyl (C=O) groups is 4. The Morgan fingerprint density at radius 1 is 1.12 bits per heavy atom. The fourth-order valence-corrected chi connectivity index (χ4v) is 4.97. The van der Waals surface area contributed by atoms with Gasteiger partial charge in [-0.05, 0) is 27.8 Å². The van der Waals surface area contributed by atoms with Crippen LogP contribution in [-0.4, -0.2) is 90.8 Å². The summed E-state index contributed by atoms with van der Waals surface area (Å²) in [5, 5.41) is 3.20. The molecular formula is C23H33N4O14P. The highest BCUT2D eigenvalue weighted by Crippen LogP contribution is 2.52. The number of hydrogen-bond donors (Lipinski definition) is 2. The van der Waals surface area contributed by atoms with Gasteiger partial charge in [0.2, 0.25) is 0 Å². The van der Waals surface area contributed by atoms with Gasteiger partial charge < -0.3 is 19.5 Å². The Morgan fingerprint density at radius 3 is 2.36 bits per heavy atom. The zero-order valence-corrected chi connectivity index (χ0v) is 24.5. The van der Waals surface area contributed by atoms with Crippen molar-refractivity contribution in [1.29, 1.82) is 0 Å². The summed E-state index contributed by atoms with van der Waals surface area (Å²) < 4.78 is 46.4. The van der Waals surface area contributed by atoms with Gasteiger partial charge in [0.15, 0.2) is 6.23 Å². The standard InChI is InChI=1S/C23H33N4O14P/c1-23(2,3)20(31)37-12-13-18(17(24-4)19(39-13)26-9-8-14(28)25-21(26)32)41-42(34,35-5)38-11-10-36-22(33)40-27-15(29)6-7-16(27)30/h8-9,13,17-19,24H,6-7,10-12H2,1-5H3,(H,25,28,32)/t13-,17?,18?,19-,42?/m1/s1. The SMILES string of the molecule is CNC1C(OP(=O)(OC)OCCOC(=O)ON2C(=O)CCC2=O)[C@@H](COC(=O)C(C)(C)C)O[C@H]1n1ccc(=O)[nH]c1=O. The van der Waals surface area contributed by atoms with E-state index >= 15 is 0 Å². The van der Waals surface area contributed by atoms with Gasteiger partial charge in [0, 0.05) is 32.2 Å². The lowest BCUT2D eigenvalue weighted by atomic mass is 9.97. The summed E-state index contributed by atoms with van der Waals surface area (Å²) in [5.74, 6) is -1.97. The number of nitrogens with one attached hydrogen (secondary N) is 2. The van der Waals surface area contributed by atoms with E-state index in [0.717, 1.165) is 17.7 Å². The lowest BCUT2D eigenvalue weighted by molar-refractivity contribution is -0.177. The number of rotatable bonds is 12. The van der Waals surface area contributed by atoms with Crippen molar-refractivity contribution in [3.8, 4) is 0 Å². The molecule has 18 nitrogen and oxygen atoms in total. The Kier molecular flexibility index (Phi) is 10.8. The highest BCUT2D eigenvalue weighted by molar-refractivity contribution is 7.48. The second kappa shape index (κ2) is 13.7. The van der Waals surface area contributed by atoms with Crippen molar-refractivity contribution in [3.63, 3.8) is 0 Å². The maximum atomic E-state index is 13.4. The van der Waals surface area contributed by atoms with Gasteiger partial charge in [0.05, 0.1) is 18.1 Å². The highest BCUT2D eigenvalue weighted by atomic mass is 31.2. The summed E-state index contributed by atoms with van der Waals surface area (Å²) in [7, 11) is -1.88. The van der Waals surface area contributed by atoms with Crippen molar-refractivity contribution in [2.45, 2.75) is 58.1 Å². The number of hydroxylamine groups is 2. The zero-order valence-electron chi connectivity index (χ0n) is 23.6. The predicted octanol–water partition coefficient (Wildman–Crippen LogP) is -0.0152. The molecule has 2 aliphatic heterocycles. The van der Waals surface area contributed by atoms with Crippen molar-refractivity contribution in [2.75, 3.05) is 34.0 Å². The Bertz CT molecular complexity index is 1320. The van der Waals surface area contributed by atoms with Gasteiger partial charge in [-0.2, -0.15) is 0 Å². The van der Waals surface area contributed by atoms with Crippen molar-refractivity contribution >= 4 is 31.8 Å². The van der Waals surface area contributed by atoms with Crippen LogP contribution in [-0.2, 0) is 51.6 Å². The van der Waals surface area contributed by atoms with Crippen molar-refractivity contribution in [3.05, 3.63) is 33.1 Å². The molecule has 0 saturated carbocycles. The van der Waals surface area contributed by atoms with Crippen LogP contribution in [0.5, 0.6) is 0 Å². The summed E-state index contributed by atoms with van der Waals surface area (Å²) in [6.45, 7) is 3.48. The number of ether oxygens (including phenoxy) is 3. The fourth-order valence-electron chi connectivity index (χ4n) is 3.86. The van der Waals surface area contributed by atoms with Gasteiger partial charge in [0.25, 0.3) is 17.4 Å². The van der Waals surface area contributed by atoms with Crippen molar-refractivity contribution in [1.82, 2.24) is 19.9 Å². The molecule has 19 heteroatoms. The van der Waals surface area contributed by atoms with E-state index in [1.165, 1.54) is 13.2 Å². The molecule has 3 rings (SSSR count). The van der Waals surface area contributed by atoms with Crippen LogP contribution in [0.1, 0.15) is 39.8 Å². The second-order valence-electron chi connectivity index (χ2n) is 10.1. The van der Waals surface area contributed by atoms with Crippen molar-refractivity contribution < 1.29 is 56.4 Å². The molecule has 2 aliphatic rings. The molecule has 3 unspecified atom stereocenters. The van der Waals surface area contributed by atoms with E-state index < -0.39 is 86.1 Å². The number of phosphoric ester groups is 1. The van der Waals surface area contributed by atoms with E-state index in [0.29, 0.717) is 5.06 Å². The minimum absolute atomic E-state index is 0.101. The Labute approximate surface area is 239 Å². The van der Waals surface area contributed by atoms with Crippen molar-refractivity contribution in [2.24, 2.45) is 5.41 Å². The van der Waals surface area contributed by atoms with Gasteiger partial charge >= 0.3 is 25.6 Å². The summed E-state index contributed by atoms with van der Waals surface area (Å²) in [4.78, 5) is 78.0. The molecule has 0 spiro atoms. The molecule has 0 aliphatic carbocycles. The molecule has 3 heterocycles. The normalized spacial score (nSPS) is 24.0. The van der Waals surface area contributed by atoms with Gasteiger partial charge in [-0.25, -0.2) is 14.2 Å². The second-order valence-corrected chi connectivity index (χ2v) is 11.8. The number of imide groups is 1. The van der Waals surface area contributed by atoms with E-state index in [-0.39, 0.29) is 19.4 Å². The van der Waals surface area contributed by atoms with Gasteiger partial charge in [-0.1, -0.05) is 5.06 Å². The number of aromatic amines is 1. The molecule has 2 amide bonds. The molecule has 2 N–H and O–H groups in total. The van der Waals surface area contributed by atoms with Crippen LogP contribution < -0.4 is 16.6 Å². The largest absolute Gasteiger partial charge is 0.534 e. The monoisotopic (exact) mass is 620 g/mol. The summed E-state index contributed by atoms with van der Waals surface area (Å²) >= 11 is 0. The van der Waals surface area contributed by atoms with Crippen LogP contribution in [0.15, 0.2) is 21.9 Å². The molecule has 5 atom stereocenters. The minimum atomic E-state index is -4.42. The predicted molar refractivity (Wildman–Crippen MR) is 137 cm³/mol. The lowest BCUT2D eigenvalue weighted by Gasteiger charge is -2.27. The average Bonchev–Trinajstić information content (AvgIpc) is 3.42. The Morgan fingerprint density at radius 2 is 1.79 bits per heavy atom. The molecule has 234 valence electrons. The number of esters is 1. The number of H-pyrrole nitrogens is 1. The minimum Gasteiger partial charge on any atom is -0.462 e. The Hall–Kier alpha value is -3.41. The van der Waals surface area contributed by atoms with Gasteiger partial charge in [0.1, 0.15) is 25.4 Å². The molecule has 1 aromatic heterocycles. The maximum absolute atomic E-state index is 13.4. The van der Waals surface area contributed by atoms with Crippen LogP contribution in [0.4, 0.5) is 4.79 Å². The fraction of sp³-hybridized carbons (Fsp3) is 0.652. The topological polar surface area (TPSA) is 220 Å².